The second-order valence-corrected chi connectivity index (χ2v) is 8.43. The predicted molar refractivity (Wildman–Crippen MR) is 129 cm³/mol. The first-order chi connectivity index (χ1) is 16.6. The molecule has 1 aliphatic rings. The molecule has 0 saturated carbocycles. The van der Waals surface area contributed by atoms with Crippen molar-refractivity contribution in [2.75, 3.05) is 6.61 Å². The van der Waals surface area contributed by atoms with E-state index in [1.807, 2.05) is 65.2 Å². The maximum atomic E-state index is 12.5. The highest BCUT2D eigenvalue weighted by Gasteiger charge is 2.29. The van der Waals surface area contributed by atoms with Crippen molar-refractivity contribution in [1.29, 1.82) is 0 Å². The van der Waals surface area contributed by atoms with Crippen molar-refractivity contribution in [3.05, 3.63) is 90.3 Å². The Morgan fingerprint density at radius 3 is 2.32 bits per heavy atom. The van der Waals surface area contributed by atoms with E-state index in [-0.39, 0.29) is 18.9 Å². The molecule has 1 heterocycles. The zero-order chi connectivity index (χ0) is 23.5. The highest BCUT2D eigenvalue weighted by Crippen LogP contribution is 2.44. The highest BCUT2D eigenvalue weighted by molar-refractivity contribution is 5.81. The number of carboxylic acids is 1. The topological polar surface area (TPSA) is 93.5 Å². The minimum atomic E-state index is -1.08. The van der Waals surface area contributed by atoms with Gasteiger partial charge in [-0.05, 0) is 47.2 Å². The number of aliphatic carboxylic acids is 1. The maximum absolute atomic E-state index is 12.5. The smallest absolute Gasteiger partial charge is 0.407 e. The first kappa shape index (κ1) is 21.7. The van der Waals surface area contributed by atoms with E-state index >= 15 is 0 Å². The number of fused-ring (bicyclic) bond motifs is 4. The number of rotatable bonds is 8. The average Bonchev–Trinajstić information content (AvgIpc) is 3.41. The van der Waals surface area contributed by atoms with Crippen LogP contribution in [0.2, 0.25) is 0 Å². The number of carbonyl (C=O) groups excluding carboxylic acids is 1. The van der Waals surface area contributed by atoms with Gasteiger partial charge in [-0.1, -0.05) is 60.7 Å². The van der Waals surface area contributed by atoms with Crippen molar-refractivity contribution in [3.8, 4) is 11.1 Å². The SMILES string of the molecule is O=C(N[C@@H](CCCn1cnc2ccccc21)C(=O)O)OCC1c2ccccc2-c2ccccc21. The Bertz CT molecular complexity index is 1300. The number of para-hydroxylation sites is 2. The Hall–Kier alpha value is -4.13. The number of aryl methyl sites for hydroxylation is 1. The van der Waals surface area contributed by atoms with Crippen molar-refractivity contribution >= 4 is 23.1 Å². The molecule has 5 rings (SSSR count). The number of benzene rings is 3. The summed E-state index contributed by atoms with van der Waals surface area (Å²) in [6.07, 6.45) is 1.88. The van der Waals surface area contributed by atoms with Gasteiger partial charge in [0.05, 0.1) is 17.4 Å². The quantitative estimate of drug-likeness (QED) is 0.398. The number of hydrogen-bond acceptors (Lipinski definition) is 4. The van der Waals surface area contributed by atoms with E-state index in [4.69, 9.17) is 4.74 Å². The molecule has 172 valence electrons. The first-order valence-corrected chi connectivity index (χ1v) is 11.4. The molecule has 0 aliphatic heterocycles. The maximum Gasteiger partial charge on any atom is 0.407 e. The van der Waals surface area contributed by atoms with Crippen LogP contribution in [-0.2, 0) is 16.1 Å². The third kappa shape index (κ3) is 4.24. The fraction of sp³-hybridized carbons (Fsp3) is 0.222. The Balaban J connectivity index is 1.18. The molecule has 2 N–H and O–H groups in total. The molecule has 0 bridgehead atoms. The van der Waals surface area contributed by atoms with Crippen LogP contribution in [0.25, 0.3) is 22.2 Å². The molecule has 7 nitrogen and oxygen atoms in total. The minimum Gasteiger partial charge on any atom is -0.480 e. The summed E-state index contributed by atoms with van der Waals surface area (Å²) in [6.45, 7) is 0.754. The van der Waals surface area contributed by atoms with E-state index in [2.05, 4.69) is 22.4 Å². The molecule has 1 atom stereocenters. The van der Waals surface area contributed by atoms with Gasteiger partial charge in [0.25, 0.3) is 0 Å². The van der Waals surface area contributed by atoms with Gasteiger partial charge in [0.15, 0.2) is 0 Å². The number of ether oxygens (including phenoxy) is 1. The number of carboxylic acid groups (broad SMARTS) is 1. The fourth-order valence-corrected chi connectivity index (χ4v) is 4.69. The largest absolute Gasteiger partial charge is 0.480 e. The molecule has 0 fully saturated rings. The van der Waals surface area contributed by atoms with Gasteiger partial charge in [-0.15, -0.1) is 0 Å². The number of aromatic nitrogens is 2. The van der Waals surface area contributed by atoms with E-state index < -0.39 is 18.1 Å². The van der Waals surface area contributed by atoms with Crippen LogP contribution in [0, 0.1) is 0 Å². The normalized spacial score (nSPS) is 13.3. The minimum absolute atomic E-state index is 0.0732. The van der Waals surface area contributed by atoms with E-state index in [1.165, 1.54) is 0 Å². The summed E-state index contributed by atoms with van der Waals surface area (Å²) in [5.74, 6) is -1.15. The lowest BCUT2D eigenvalue weighted by molar-refractivity contribution is -0.139. The Kier molecular flexibility index (Phi) is 5.99. The predicted octanol–water partition coefficient (Wildman–Crippen LogP) is 4.81. The van der Waals surface area contributed by atoms with Crippen molar-refractivity contribution in [2.45, 2.75) is 31.3 Å². The number of imidazole rings is 1. The van der Waals surface area contributed by atoms with Crippen LogP contribution in [0.4, 0.5) is 4.79 Å². The van der Waals surface area contributed by atoms with E-state index in [0.717, 1.165) is 33.3 Å². The molecule has 3 aromatic carbocycles. The summed E-state index contributed by atoms with van der Waals surface area (Å²) >= 11 is 0. The first-order valence-electron chi connectivity index (χ1n) is 11.4. The summed E-state index contributed by atoms with van der Waals surface area (Å²) in [5, 5.41) is 12.1. The van der Waals surface area contributed by atoms with Crippen LogP contribution in [0.1, 0.15) is 29.9 Å². The van der Waals surface area contributed by atoms with Crippen molar-refractivity contribution in [1.82, 2.24) is 14.9 Å². The lowest BCUT2D eigenvalue weighted by atomic mass is 9.98. The van der Waals surface area contributed by atoms with Gasteiger partial charge in [0, 0.05) is 12.5 Å². The molecule has 34 heavy (non-hydrogen) atoms. The van der Waals surface area contributed by atoms with E-state index in [9.17, 15) is 14.7 Å². The number of nitrogens with zero attached hydrogens (tertiary/aromatic N) is 2. The molecule has 0 saturated heterocycles. The monoisotopic (exact) mass is 455 g/mol. The summed E-state index contributed by atoms with van der Waals surface area (Å²) < 4.78 is 7.49. The van der Waals surface area contributed by atoms with Gasteiger partial charge in [-0.2, -0.15) is 0 Å². The summed E-state index contributed by atoms with van der Waals surface area (Å²) in [4.78, 5) is 28.6. The van der Waals surface area contributed by atoms with Gasteiger partial charge < -0.3 is 19.7 Å². The van der Waals surface area contributed by atoms with Crippen LogP contribution < -0.4 is 5.32 Å². The molecular formula is C27H25N3O4. The second-order valence-electron chi connectivity index (χ2n) is 8.43. The highest BCUT2D eigenvalue weighted by atomic mass is 16.5. The van der Waals surface area contributed by atoms with Crippen molar-refractivity contribution in [3.63, 3.8) is 0 Å². The van der Waals surface area contributed by atoms with Crippen molar-refractivity contribution < 1.29 is 19.4 Å². The van der Waals surface area contributed by atoms with Crippen LogP contribution >= 0.6 is 0 Å². The molecule has 1 aromatic heterocycles. The Morgan fingerprint density at radius 2 is 1.62 bits per heavy atom. The number of carbonyl (C=O) groups is 2. The van der Waals surface area contributed by atoms with E-state index in [1.54, 1.807) is 6.33 Å². The molecule has 0 unspecified atom stereocenters. The molecule has 1 aliphatic carbocycles. The van der Waals surface area contributed by atoms with Gasteiger partial charge in [-0.25, -0.2) is 14.6 Å². The number of nitrogens with one attached hydrogen (secondary N) is 1. The second kappa shape index (κ2) is 9.39. The molecule has 4 aromatic rings. The Morgan fingerprint density at radius 1 is 0.971 bits per heavy atom. The van der Waals surface area contributed by atoms with Gasteiger partial charge in [-0.3, -0.25) is 0 Å². The number of amides is 1. The molecule has 1 amide bonds. The fourth-order valence-electron chi connectivity index (χ4n) is 4.69. The average molecular weight is 456 g/mol. The van der Waals surface area contributed by atoms with Gasteiger partial charge >= 0.3 is 12.1 Å². The van der Waals surface area contributed by atoms with Crippen LogP contribution in [-0.4, -0.2) is 39.4 Å². The van der Waals surface area contributed by atoms with Gasteiger partial charge in [0.2, 0.25) is 0 Å². The molecular weight excluding hydrogens is 430 g/mol. The molecule has 7 heteroatoms. The zero-order valence-corrected chi connectivity index (χ0v) is 18.6. The van der Waals surface area contributed by atoms with Crippen LogP contribution in [0.15, 0.2) is 79.1 Å². The van der Waals surface area contributed by atoms with Crippen LogP contribution in [0.5, 0.6) is 0 Å². The summed E-state index contributed by atoms with van der Waals surface area (Å²) in [5.41, 5.74) is 6.40. The zero-order valence-electron chi connectivity index (χ0n) is 18.6. The summed E-state index contributed by atoms with van der Waals surface area (Å²) in [7, 11) is 0. The number of alkyl carbamates (subject to hydrolysis) is 1. The third-order valence-corrected chi connectivity index (χ3v) is 6.35. The third-order valence-electron chi connectivity index (χ3n) is 6.35. The molecule has 0 radical (unpaired) electrons. The standard InChI is InChI=1S/C27H25N3O4/c31-26(32)24(13-7-15-30-17-28-23-12-5-6-14-25(23)30)29-27(33)34-16-22-20-10-3-1-8-18(20)19-9-2-4-11-21(19)22/h1-6,8-12,14,17,22,24H,7,13,15-16H2,(H,29,33)(H,31,32)/t24-/m0/s1. The van der Waals surface area contributed by atoms with Gasteiger partial charge in [0.1, 0.15) is 12.6 Å². The summed E-state index contributed by atoms with van der Waals surface area (Å²) in [6, 6.07) is 22.9. The lowest BCUT2D eigenvalue weighted by Crippen LogP contribution is -2.41. The number of hydrogen-bond donors (Lipinski definition) is 2. The molecule has 0 spiro atoms. The van der Waals surface area contributed by atoms with Crippen LogP contribution in [0.3, 0.4) is 0 Å². The van der Waals surface area contributed by atoms with Crippen molar-refractivity contribution in [2.24, 2.45) is 0 Å². The van der Waals surface area contributed by atoms with E-state index in [0.29, 0.717) is 13.0 Å². The Labute approximate surface area is 197 Å². The lowest BCUT2D eigenvalue weighted by Gasteiger charge is -2.17.